The van der Waals surface area contributed by atoms with E-state index in [0.29, 0.717) is 0 Å². The molecule has 1 rings (SSSR count). The van der Waals surface area contributed by atoms with Crippen molar-refractivity contribution in [3.63, 3.8) is 0 Å². The van der Waals surface area contributed by atoms with E-state index in [9.17, 15) is 0 Å². The first-order valence-electron chi connectivity index (χ1n) is 5.50. The average molecular weight is 202 g/mol. The van der Waals surface area contributed by atoms with Crippen LogP contribution in [-0.4, -0.2) is 67.6 Å². The Balaban J connectivity index is 2.03. The molecule has 0 unspecified atom stereocenters. The third kappa shape index (κ3) is 4.37. The summed E-state index contributed by atoms with van der Waals surface area (Å²) >= 11 is 0. The summed E-state index contributed by atoms with van der Waals surface area (Å²) in [5.74, 6) is 0. The number of aliphatic hydroxyl groups excluding tert-OH is 1. The molecule has 0 bridgehead atoms. The van der Waals surface area contributed by atoms with Crippen LogP contribution in [0.15, 0.2) is 0 Å². The van der Waals surface area contributed by atoms with Crippen molar-refractivity contribution in [3.8, 4) is 0 Å². The highest BCUT2D eigenvalue weighted by atomic mass is 16.5. The molecule has 0 spiro atoms. The number of ether oxygens (including phenoxy) is 1. The smallest absolute Gasteiger partial charge is 0.0991 e. The standard InChI is InChI=1S/C10H22N2O2/c1-2-9-14-10-12-5-3-11(4-6-12)7-8-13/h13H,2-10H2,1H3. The lowest BCUT2D eigenvalue weighted by molar-refractivity contribution is 0.000344. The number of piperazine rings is 1. The first-order valence-corrected chi connectivity index (χ1v) is 5.50. The lowest BCUT2D eigenvalue weighted by Gasteiger charge is -2.33. The van der Waals surface area contributed by atoms with Crippen LogP contribution in [0.3, 0.4) is 0 Å². The van der Waals surface area contributed by atoms with E-state index >= 15 is 0 Å². The van der Waals surface area contributed by atoms with Crippen LogP contribution in [0.4, 0.5) is 0 Å². The zero-order chi connectivity index (χ0) is 10.2. The summed E-state index contributed by atoms with van der Waals surface area (Å²) in [6.07, 6.45) is 1.09. The van der Waals surface area contributed by atoms with Crippen molar-refractivity contribution in [2.45, 2.75) is 13.3 Å². The van der Waals surface area contributed by atoms with E-state index in [1.54, 1.807) is 0 Å². The highest BCUT2D eigenvalue weighted by molar-refractivity contribution is 4.69. The molecule has 4 nitrogen and oxygen atoms in total. The van der Waals surface area contributed by atoms with Crippen LogP contribution in [0.2, 0.25) is 0 Å². The van der Waals surface area contributed by atoms with Gasteiger partial charge >= 0.3 is 0 Å². The van der Waals surface area contributed by atoms with Gasteiger partial charge in [0.05, 0.1) is 13.3 Å². The lowest BCUT2D eigenvalue weighted by Crippen LogP contribution is -2.47. The number of rotatable bonds is 6. The molecule has 1 heterocycles. The summed E-state index contributed by atoms with van der Waals surface area (Å²) < 4.78 is 5.48. The van der Waals surface area contributed by atoms with E-state index in [1.165, 1.54) is 0 Å². The van der Waals surface area contributed by atoms with Gasteiger partial charge in [-0.3, -0.25) is 9.80 Å². The van der Waals surface area contributed by atoms with E-state index in [0.717, 1.165) is 52.5 Å². The maximum absolute atomic E-state index is 8.78. The Labute approximate surface area is 86.4 Å². The highest BCUT2D eigenvalue weighted by Crippen LogP contribution is 2.00. The minimum Gasteiger partial charge on any atom is -0.395 e. The maximum Gasteiger partial charge on any atom is 0.0991 e. The van der Waals surface area contributed by atoms with Gasteiger partial charge in [-0.05, 0) is 6.42 Å². The molecule has 0 amide bonds. The molecule has 0 atom stereocenters. The minimum atomic E-state index is 0.270. The summed E-state index contributed by atoms with van der Waals surface area (Å²) in [6.45, 7) is 9.05. The summed E-state index contributed by atoms with van der Waals surface area (Å²) in [5, 5.41) is 8.78. The van der Waals surface area contributed by atoms with Crippen molar-refractivity contribution in [2.75, 3.05) is 52.7 Å². The fourth-order valence-corrected chi connectivity index (χ4v) is 1.62. The van der Waals surface area contributed by atoms with Crippen molar-refractivity contribution in [3.05, 3.63) is 0 Å². The van der Waals surface area contributed by atoms with Gasteiger partial charge in [-0.2, -0.15) is 0 Å². The molecule has 1 aliphatic rings. The van der Waals surface area contributed by atoms with Gasteiger partial charge in [-0.1, -0.05) is 6.92 Å². The predicted molar refractivity (Wildman–Crippen MR) is 56.2 cm³/mol. The van der Waals surface area contributed by atoms with Crippen molar-refractivity contribution in [1.29, 1.82) is 0 Å². The van der Waals surface area contributed by atoms with Gasteiger partial charge in [-0.15, -0.1) is 0 Å². The molecule has 14 heavy (non-hydrogen) atoms. The van der Waals surface area contributed by atoms with Crippen molar-refractivity contribution in [2.24, 2.45) is 0 Å². The second-order valence-electron chi connectivity index (χ2n) is 3.72. The van der Waals surface area contributed by atoms with Crippen LogP contribution in [0.25, 0.3) is 0 Å². The molecular formula is C10H22N2O2. The summed E-state index contributed by atoms with van der Waals surface area (Å²) in [6, 6.07) is 0. The molecule has 0 aromatic carbocycles. The maximum atomic E-state index is 8.78. The van der Waals surface area contributed by atoms with Crippen LogP contribution in [0.1, 0.15) is 13.3 Å². The first-order chi connectivity index (χ1) is 6.86. The van der Waals surface area contributed by atoms with Crippen molar-refractivity contribution < 1.29 is 9.84 Å². The Kier molecular flexibility index (Phi) is 6.10. The lowest BCUT2D eigenvalue weighted by atomic mass is 10.3. The molecule has 1 N–H and O–H groups in total. The van der Waals surface area contributed by atoms with Crippen molar-refractivity contribution in [1.82, 2.24) is 9.80 Å². The number of β-amino-alcohol motifs (C(OH)–C–C–N with tert-alkyl or cyclic N) is 1. The molecule has 0 aromatic rings. The molecule has 84 valence electrons. The average Bonchev–Trinajstić information content (AvgIpc) is 2.21. The highest BCUT2D eigenvalue weighted by Gasteiger charge is 2.15. The fraction of sp³-hybridized carbons (Fsp3) is 1.00. The number of hydrogen-bond donors (Lipinski definition) is 1. The van der Waals surface area contributed by atoms with Crippen molar-refractivity contribution >= 4 is 0 Å². The van der Waals surface area contributed by atoms with Gasteiger partial charge in [0.25, 0.3) is 0 Å². The van der Waals surface area contributed by atoms with Gasteiger partial charge < -0.3 is 9.84 Å². The van der Waals surface area contributed by atoms with E-state index in [-0.39, 0.29) is 6.61 Å². The molecule has 0 aromatic heterocycles. The minimum absolute atomic E-state index is 0.270. The third-order valence-corrected chi connectivity index (χ3v) is 2.50. The van der Waals surface area contributed by atoms with Crippen LogP contribution in [0, 0.1) is 0 Å². The van der Waals surface area contributed by atoms with E-state index in [1.807, 2.05) is 0 Å². The summed E-state index contributed by atoms with van der Waals surface area (Å²) in [5.41, 5.74) is 0. The third-order valence-electron chi connectivity index (χ3n) is 2.50. The van der Waals surface area contributed by atoms with Gasteiger partial charge in [0, 0.05) is 39.3 Å². The number of hydrogen-bond acceptors (Lipinski definition) is 4. The fourth-order valence-electron chi connectivity index (χ4n) is 1.62. The molecule has 0 aliphatic carbocycles. The Bertz CT molecular complexity index is 136. The van der Waals surface area contributed by atoms with Crippen LogP contribution >= 0.6 is 0 Å². The Morgan fingerprint density at radius 3 is 2.36 bits per heavy atom. The van der Waals surface area contributed by atoms with E-state index in [2.05, 4.69) is 16.7 Å². The number of aliphatic hydroxyl groups is 1. The topological polar surface area (TPSA) is 35.9 Å². The van der Waals surface area contributed by atoms with Gasteiger partial charge in [0.2, 0.25) is 0 Å². The Morgan fingerprint density at radius 2 is 1.79 bits per heavy atom. The molecule has 0 saturated carbocycles. The molecular weight excluding hydrogens is 180 g/mol. The van der Waals surface area contributed by atoms with E-state index < -0.39 is 0 Å². The first kappa shape index (κ1) is 11.9. The summed E-state index contributed by atoms with van der Waals surface area (Å²) in [4.78, 5) is 4.61. The largest absolute Gasteiger partial charge is 0.395 e. The molecule has 4 heteroatoms. The van der Waals surface area contributed by atoms with Gasteiger partial charge in [0.1, 0.15) is 0 Å². The predicted octanol–water partition coefficient (Wildman–Crippen LogP) is -0.0196. The molecule has 1 saturated heterocycles. The summed E-state index contributed by atoms with van der Waals surface area (Å²) in [7, 11) is 0. The normalized spacial score (nSPS) is 20.1. The second kappa shape index (κ2) is 7.17. The van der Waals surface area contributed by atoms with Gasteiger partial charge in [0.15, 0.2) is 0 Å². The zero-order valence-electron chi connectivity index (χ0n) is 9.11. The second-order valence-corrected chi connectivity index (χ2v) is 3.72. The molecule has 1 fully saturated rings. The zero-order valence-corrected chi connectivity index (χ0v) is 9.11. The Hall–Kier alpha value is -0.160. The van der Waals surface area contributed by atoms with Gasteiger partial charge in [-0.25, -0.2) is 0 Å². The van der Waals surface area contributed by atoms with Crippen LogP contribution in [-0.2, 0) is 4.74 Å². The van der Waals surface area contributed by atoms with E-state index in [4.69, 9.17) is 9.84 Å². The van der Waals surface area contributed by atoms with Crippen LogP contribution < -0.4 is 0 Å². The Morgan fingerprint density at radius 1 is 1.14 bits per heavy atom. The monoisotopic (exact) mass is 202 g/mol. The van der Waals surface area contributed by atoms with Crippen LogP contribution in [0.5, 0.6) is 0 Å². The SMILES string of the molecule is CCCOCN1CCN(CCO)CC1. The molecule has 1 aliphatic heterocycles. The number of nitrogens with zero attached hydrogens (tertiary/aromatic N) is 2. The quantitative estimate of drug-likeness (QED) is 0.614. The molecule has 0 radical (unpaired) electrons.